The summed E-state index contributed by atoms with van der Waals surface area (Å²) in [5.41, 5.74) is 1.57. The number of alkyl halides is 1. The van der Waals surface area contributed by atoms with Crippen LogP contribution in [0.5, 0.6) is 11.8 Å². The Bertz CT molecular complexity index is 1010. The van der Waals surface area contributed by atoms with Gasteiger partial charge in [0.15, 0.2) is 6.17 Å². The van der Waals surface area contributed by atoms with Crippen molar-refractivity contribution >= 4 is 0 Å². The lowest BCUT2D eigenvalue weighted by Gasteiger charge is -2.38. The van der Waals surface area contributed by atoms with Crippen LogP contribution in [-0.4, -0.2) is 53.7 Å². The predicted octanol–water partition coefficient (Wildman–Crippen LogP) is 2.43. The highest BCUT2D eigenvalue weighted by molar-refractivity contribution is 5.67. The Morgan fingerprint density at radius 2 is 2.24 bits per heavy atom. The number of ether oxygens (including phenoxy) is 1. The van der Waals surface area contributed by atoms with Gasteiger partial charge in [0.2, 0.25) is 0 Å². The molecule has 0 radical (unpaired) electrons. The van der Waals surface area contributed by atoms with Gasteiger partial charge in [-0.2, -0.15) is 0 Å². The molecule has 3 aromatic rings. The first-order valence-corrected chi connectivity index (χ1v) is 9.61. The summed E-state index contributed by atoms with van der Waals surface area (Å²) in [5, 5.41) is 21.8. The van der Waals surface area contributed by atoms with Crippen LogP contribution in [0.1, 0.15) is 26.2 Å². The number of aromatic hydroxyl groups is 1. The molecule has 0 spiro atoms. The second kappa shape index (κ2) is 6.77. The van der Waals surface area contributed by atoms with Crippen molar-refractivity contribution in [2.75, 3.05) is 0 Å². The maximum absolute atomic E-state index is 14.6. The van der Waals surface area contributed by atoms with Gasteiger partial charge in [0.1, 0.15) is 17.5 Å². The maximum Gasteiger partial charge on any atom is 0.336 e. The zero-order valence-corrected chi connectivity index (χ0v) is 15.9. The maximum atomic E-state index is 14.6. The molecule has 1 unspecified atom stereocenters. The topological polar surface area (TPSA) is 98.0 Å². The molecular weight excluding hydrogens is 375 g/mol. The molecule has 2 fully saturated rings. The lowest BCUT2D eigenvalue weighted by molar-refractivity contribution is 0.0203. The molecule has 2 bridgehead atoms. The predicted molar refractivity (Wildman–Crippen MR) is 103 cm³/mol. The number of phenols is 1. The van der Waals surface area contributed by atoms with Gasteiger partial charge in [-0.1, -0.05) is 5.10 Å². The number of hydrogen-bond donors (Lipinski definition) is 2. The number of rotatable bonds is 4. The molecule has 5 rings (SSSR count). The van der Waals surface area contributed by atoms with Crippen LogP contribution < -0.4 is 10.1 Å². The van der Waals surface area contributed by atoms with E-state index in [0.717, 1.165) is 18.5 Å². The molecule has 0 amide bonds. The number of benzene rings is 1. The highest BCUT2D eigenvalue weighted by Gasteiger charge is 2.49. The van der Waals surface area contributed by atoms with E-state index in [4.69, 9.17) is 4.74 Å². The average molecular weight is 396 g/mol. The highest BCUT2D eigenvalue weighted by Crippen LogP contribution is 2.38. The van der Waals surface area contributed by atoms with Gasteiger partial charge in [-0.15, -0.1) is 5.10 Å². The zero-order chi connectivity index (χ0) is 20.0. The zero-order valence-electron chi connectivity index (χ0n) is 15.9. The third-order valence-corrected chi connectivity index (χ3v) is 5.79. The molecule has 0 saturated carbocycles. The SMILES string of the molecule is C[C@@]12CCC(N1)[C@@H](F)[C@@H](Oc1ncc(-c3ccc(-n4ccnc4)cc3O)nn1)C2. The number of fused-ring (bicyclic) bond motifs is 2. The summed E-state index contributed by atoms with van der Waals surface area (Å²) < 4.78 is 22.2. The molecule has 0 aliphatic carbocycles. The fourth-order valence-electron chi connectivity index (χ4n) is 4.27. The van der Waals surface area contributed by atoms with Crippen LogP contribution in [-0.2, 0) is 0 Å². The van der Waals surface area contributed by atoms with Crippen molar-refractivity contribution in [1.29, 1.82) is 0 Å². The Balaban J connectivity index is 1.33. The van der Waals surface area contributed by atoms with E-state index < -0.39 is 12.3 Å². The van der Waals surface area contributed by atoms with Crippen molar-refractivity contribution in [1.82, 2.24) is 30.0 Å². The molecular formula is C20H21FN6O2. The van der Waals surface area contributed by atoms with Gasteiger partial charge in [0.05, 0.1) is 18.2 Å². The van der Waals surface area contributed by atoms with Crippen LogP contribution in [0.25, 0.3) is 16.9 Å². The van der Waals surface area contributed by atoms with Gasteiger partial charge in [0.25, 0.3) is 0 Å². The number of nitrogens with one attached hydrogen (secondary N) is 1. The van der Waals surface area contributed by atoms with Crippen molar-refractivity contribution < 1.29 is 14.2 Å². The van der Waals surface area contributed by atoms with Gasteiger partial charge in [-0.05, 0) is 31.9 Å². The van der Waals surface area contributed by atoms with Crippen molar-refractivity contribution in [2.24, 2.45) is 0 Å². The first-order chi connectivity index (χ1) is 14.0. The minimum atomic E-state index is -1.10. The van der Waals surface area contributed by atoms with Crippen molar-refractivity contribution in [2.45, 2.75) is 50.0 Å². The van der Waals surface area contributed by atoms with Crippen molar-refractivity contribution in [3.8, 4) is 28.7 Å². The largest absolute Gasteiger partial charge is 0.507 e. The van der Waals surface area contributed by atoms with Gasteiger partial charge in [-0.25, -0.2) is 14.4 Å². The van der Waals surface area contributed by atoms with Crippen LogP contribution in [0.15, 0.2) is 43.1 Å². The second-order valence-corrected chi connectivity index (χ2v) is 7.95. The third-order valence-electron chi connectivity index (χ3n) is 5.79. The molecule has 2 aromatic heterocycles. The van der Waals surface area contributed by atoms with E-state index in [-0.39, 0.29) is 23.3 Å². The fourth-order valence-corrected chi connectivity index (χ4v) is 4.27. The van der Waals surface area contributed by atoms with Crippen LogP contribution in [0.2, 0.25) is 0 Å². The molecule has 4 heterocycles. The Morgan fingerprint density at radius 1 is 1.34 bits per heavy atom. The molecule has 4 atom stereocenters. The molecule has 150 valence electrons. The van der Waals surface area contributed by atoms with E-state index in [1.165, 1.54) is 6.20 Å². The Hall–Kier alpha value is -3.07. The summed E-state index contributed by atoms with van der Waals surface area (Å²) in [6, 6.07) is 5.04. The first-order valence-electron chi connectivity index (χ1n) is 9.61. The molecule has 2 saturated heterocycles. The Labute approximate surface area is 166 Å². The van der Waals surface area contributed by atoms with E-state index in [1.807, 2.05) is 6.07 Å². The monoisotopic (exact) mass is 396 g/mol. The molecule has 2 N–H and O–H groups in total. The Kier molecular flexibility index (Phi) is 4.20. The molecule has 2 aliphatic heterocycles. The van der Waals surface area contributed by atoms with Gasteiger partial charge in [-0.3, -0.25) is 0 Å². The lowest BCUT2D eigenvalue weighted by Crippen LogP contribution is -2.57. The van der Waals surface area contributed by atoms with Gasteiger partial charge < -0.3 is 19.7 Å². The quantitative estimate of drug-likeness (QED) is 0.699. The summed E-state index contributed by atoms with van der Waals surface area (Å²) in [4.78, 5) is 8.17. The molecule has 1 aromatic carbocycles. The molecule has 9 heteroatoms. The minimum Gasteiger partial charge on any atom is -0.507 e. The van der Waals surface area contributed by atoms with E-state index in [9.17, 15) is 9.50 Å². The van der Waals surface area contributed by atoms with Crippen LogP contribution in [0, 0.1) is 0 Å². The van der Waals surface area contributed by atoms with E-state index in [1.54, 1.807) is 35.4 Å². The Morgan fingerprint density at radius 3 is 2.97 bits per heavy atom. The third kappa shape index (κ3) is 3.31. The second-order valence-electron chi connectivity index (χ2n) is 7.95. The number of aromatic nitrogens is 5. The normalized spacial score (nSPS) is 28.4. The van der Waals surface area contributed by atoms with Gasteiger partial charge in [0, 0.05) is 42.0 Å². The van der Waals surface area contributed by atoms with E-state index in [2.05, 4.69) is 32.4 Å². The lowest BCUT2D eigenvalue weighted by atomic mass is 9.90. The van der Waals surface area contributed by atoms with Crippen molar-refractivity contribution in [3.63, 3.8) is 0 Å². The molecule has 29 heavy (non-hydrogen) atoms. The summed E-state index contributed by atoms with van der Waals surface area (Å²) in [5.74, 6) is 0.0487. The number of phenolic OH excluding ortho intramolecular Hbond substituents is 1. The highest BCUT2D eigenvalue weighted by atomic mass is 19.1. The summed E-state index contributed by atoms with van der Waals surface area (Å²) in [6.07, 6.45) is 7.17. The smallest absolute Gasteiger partial charge is 0.336 e. The fraction of sp³-hybridized carbons (Fsp3) is 0.400. The first kappa shape index (κ1) is 18.0. The van der Waals surface area contributed by atoms with E-state index in [0.29, 0.717) is 17.7 Å². The number of hydrogen-bond acceptors (Lipinski definition) is 7. The van der Waals surface area contributed by atoms with E-state index >= 15 is 0 Å². The number of halogens is 1. The van der Waals surface area contributed by atoms with Crippen LogP contribution in [0.4, 0.5) is 4.39 Å². The van der Waals surface area contributed by atoms with Crippen LogP contribution in [0.3, 0.4) is 0 Å². The summed E-state index contributed by atoms with van der Waals surface area (Å²) in [6.45, 7) is 2.09. The number of nitrogens with zero attached hydrogens (tertiary/aromatic N) is 5. The summed E-state index contributed by atoms with van der Waals surface area (Å²) in [7, 11) is 0. The minimum absolute atomic E-state index is 0.0424. The summed E-state index contributed by atoms with van der Waals surface area (Å²) >= 11 is 0. The molecule has 8 nitrogen and oxygen atoms in total. The average Bonchev–Trinajstić information content (AvgIpc) is 3.36. The number of imidazole rings is 1. The van der Waals surface area contributed by atoms with Crippen molar-refractivity contribution in [3.05, 3.63) is 43.1 Å². The van der Waals surface area contributed by atoms with Crippen LogP contribution >= 0.6 is 0 Å². The molecule has 2 aliphatic rings. The number of piperidine rings is 1. The standard InChI is InChI=1S/C20H21FN6O2/c1-20-5-4-14(24-20)18(21)17(9-20)29-19-23-10-15(25-26-19)13-3-2-12(8-16(13)28)27-7-6-22-11-27/h2-3,6-8,10-11,14,17-18,24,28H,4-5,9H2,1H3/t14?,17-,18+,20-/m0/s1. The van der Waals surface area contributed by atoms with Gasteiger partial charge >= 0.3 is 6.01 Å².